The van der Waals surface area contributed by atoms with Crippen LogP contribution >= 0.6 is 0 Å². The lowest BCUT2D eigenvalue weighted by Crippen LogP contribution is -1.98. The fraction of sp³-hybridized carbons (Fsp3) is 0.0556. The molecule has 0 amide bonds. The van der Waals surface area contributed by atoms with Gasteiger partial charge < -0.3 is 5.73 Å². The summed E-state index contributed by atoms with van der Waals surface area (Å²) in [5.74, 6) is 0. The molecule has 2 heteroatoms. The molecule has 1 heterocycles. The second-order valence-corrected chi connectivity index (χ2v) is 4.68. The van der Waals surface area contributed by atoms with Crippen LogP contribution in [0, 0.1) is 0 Å². The van der Waals surface area contributed by atoms with Gasteiger partial charge in [-0.05, 0) is 34.4 Å². The minimum Gasteiger partial charge on any atom is -0.325 e. The minimum atomic E-state index is 0.468. The predicted molar refractivity (Wildman–Crippen MR) is 83.0 cm³/mol. The Morgan fingerprint density at radius 1 is 0.700 bits per heavy atom. The first kappa shape index (κ1) is 12.6. The zero-order valence-corrected chi connectivity index (χ0v) is 11.2. The highest BCUT2D eigenvalue weighted by atomic mass is 14.7. The Balaban J connectivity index is 1.93. The molecular formula is C18H16N2. The van der Waals surface area contributed by atoms with Crippen molar-refractivity contribution in [2.45, 2.75) is 6.54 Å². The van der Waals surface area contributed by atoms with E-state index in [-0.39, 0.29) is 0 Å². The van der Waals surface area contributed by atoms with Crippen LogP contribution in [0.3, 0.4) is 0 Å². The van der Waals surface area contributed by atoms with E-state index in [1.807, 2.05) is 24.4 Å². The number of nitrogens with zero attached hydrogens (tertiary/aromatic N) is 1. The quantitative estimate of drug-likeness (QED) is 0.776. The Kier molecular flexibility index (Phi) is 3.57. The molecule has 3 rings (SSSR count). The fourth-order valence-corrected chi connectivity index (χ4v) is 2.26. The molecule has 0 aliphatic carbocycles. The molecule has 0 saturated carbocycles. The van der Waals surface area contributed by atoms with Crippen molar-refractivity contribution in [2.75, 3.05) is 0 Å². The third-order valence-corrected chi connectivity index (χ3v) is 3.35. The molecule has 0 bridgehead atoms. The van der Waals surface area contributed by atoms with Gasteiger partial charge in [-0.25, -0.2) is 0 Å². The van der Waals surface area contributed by atoms with Crippen molar-refractivity contribution in [3.05, 3.63) is 78.6 Å². The van der Waals surface area contributed by atoms with Gasteiger partial charge in [0, 0.05) is 12.7 Å². The second-order valence-electron chi connectivity index (χ2n) is 4.68. The van der Waals surface area contributed by atoms with Crippen molar-refractivity contribution >= 4 is 0 Å². The van der Waals surface area contributed by atoms with E-state index in [1.54, 1.807) is 0 Å². The molecule has 0 aliphatic rings. The van der Waals surface area contributed by atoms with Gasteiger partial charge >= 0.3 is 0 Å². The molecule has 0 radical (unpaired) electrons. The molecule has 3 aromatic rings. The highest BCUT2D eigenvalue weighted by molar-refractivity contribution is 5.70. The molecule has 2 nitrogen and oxygen atoms in total. The average Bonchev–Trinajstić information content (AvgIpc) is 2.56. The van der Waals surface area contributed by atoms with Crippen LogP contribution in [0.25, 0.3) is 22.3 Å². The van der Waals surface area contributed by atoms with Crippen LogP contribution in [0.5, 0.6) is 0 Å². The maximum atomic E-state index is 5.63. The van der Waals surface area contributed by atoms with Crippen LogP contribution in [-0.2, 0) is 6.54 Å². The zero-order chi connectivity index (χ0) is 13.8. The van der Waals surface area contributed by atoms with Crippen LogP contribution in [-0.4, -0.2) is 4.98 Å². The van der Waals surface area contributed by atoms with Gasteiger partial charge in [-0.15, -0.1) is 0 Å². The molecule has 0 unspecified atom stereocenters. The second kappa shape index (κ2) is 5.68. The predicted octanol–water partition coefficient (Wildman–Crippen LogP) is 3.87. The summed E-state index contributed by atoms with van der Waals surface area (Å²) in [6.45, 7) is 0.468. The highest BCUT2D eigenvalue weighted by Gasteiger charge is 2.01. The number of benzene rings is 2. The molecule has 98 valence electrons. The normalized spacial score (nSPS) is 10.4. The summed E-state index contributed by atoms with van der Waals surface area (Å²) in [6, 6.07) is 23.0. The molecule has 20 heavy (non-hydrogen) atoms. The van der Waals surface area contributed by atoms with Crippen LogP contribution in [0.15, 0.2) is 72.9 Å². The lowest BCUT2D eigenvalue weighted by atomic mass is 10.0. The number of hydrogen-bond acceptors (Lipinski definition) is 2. The van der Waals surface area contributed by atoms with Gasteiger partial charge in [0.1, 0.15) is 0 Å². The fourth-order valence-electron chi connectivity index (χ4n) is 2.26. The van der Waals surface area contributed by atoms with Gasteiger partial charge in [0.25, 0.3) is 0 Å². The molecular weight excluding hydrogens is 244 g/mol. The lowest BCUT2D eigenvalue weighted by Gasteiger charge is -2.06. The molecule has 2 N–H and O–H groups in total. The van der Waals surface area contributed by atoms with Crippen LogP contribution < -0.4 is 5.73 Å². The molecule has 1 aromatic heterocycles. The van der Waals surface area contributed by atoms with Crippen molar-refractivity contribution in [1.82, 2.24) is 4.98 Å². The van der Waals surface area contributed by atoms with Crippen molar-refractivity contribution in [1.29, 1.82) is 0 Å². The highest BCUT2D eigenvalue weighted by Crippen LogP contribution is 2.24. The Morgan fingerprint density at radius 2 is 1.30 bits per heavy atom. The molecule has 0 saturated heterocycles. The Hall–Kier alpha value is -2.45. The number of hydrogen-bond donors (Lipinski definition) is 1. The van der Waals surface area contributed by atoms with E-state index in [4.69, 9.17) is 5.73 Å². The number of aromatic nitrogens is 1. The smallest absolute Gasteiger partial charge is 0.0545 e. The summed E-state index contributed by atoms with van der Waals surface area (Å²) in [5, 5.41) is 0. The van der Waals surface area contributed by atoms with Crippen LogP contribution in [0.4, 0.5) is 0 Å². The molecule has 0 atom stereocenters. The largest absolute Gasteiger partial charge is 0.325 e. The summed E-state index contributed by atoms with van der Waals surface area (Å²) in [5.41, 5.74) is 11.3. The van der Waals surface area contributed by atoms with Crippen molar-refractivity contribution in [3.63, 3.8) is 0 Å². The Bertz CT molecular complexity index is 688. The third-order valence-electron chi connectivity index (χ3n) is 3.35. The topological polar surface area (TPSA) is 38.9 Å². The molecule has 0 fully saturated rings. The summed E-state index contributed by atoms with van der Waals surface area (Å²) in [4.78, 5) is 4.22. The summed E-state index contributed by atoms with van der Waals surface area (Å²) in [6.07, 6.45) is 1.81. The summed E-state index contributed by atoms with van der Waals surface area (Å²) in [7, 11) is 0. The Morgan fingerprint density at radius 3 is 1.95 bits per heavy atom. The minimum absolute atomic E-state index is 0.468. The van der Waals surface area contributed by atoms with Crippen molar-refractivity contribution in [2.24, 2.45) is 5.73 Å². The van der Waals surface area contributed by atoms with Gasteiger partial charge in [-0.2, -0.15) is 0 Å². The maximum absolute atomic E-state index is 5.63. The number of rotatable bonds is 3. The molecule has 0 spiro atoms. The van der Waals surface area contributed by atoms with Gasteiger partial charge in [-0.3, -0.25) is 4.98 Å². The van der Waals surface area contributed by atoms with E-state index in [0.717, 1.165) is 11.3 Å². The van der Waals surface area contributed by atoms with Gasteiger partial charge in [0.15, 0.2) is 0 Å². The van der Waals surface area contributed by atoms with Crippen molar-refractivity contribution in [3.8, 4) is 22.3 Å². The lowest BCUT2D eigenvalue weighted by molar-refractivity contribution is 0.991. The van der Waals surface area contributed by atoms with Crippen molar-refractivity contribution < 1.29 is 0 Å². The first-order valence-corrected chi connectivity index (χ1v) is 6.68. The number of nitrogens with two attached hydrogens (primary N) is 1. The maximum Gasteiger partial charge on any atom is 0.0545 e. The van der Waals surface area contributed by atoms with E-state index in [1.165, 1.54) is 16.7 Å². The van der Waals surface area contributed by atoms with Gasteiger partial charge in [-0.1, -0.05) is 54.6 Å². The van der Waals surface area contributed by atoms with Crippen LogP contribution in [0.2, 0.25) is 0 Å². The van der Waals surface area contributed by atoms with E-state index >= 15 is 0 Å². The first-order valence-electron chi connectivity index (χ1n) is 6.68. The van der Waals surface area contributed by atoms with Gasteiger partial charge in [0.05, 0.1) is 5.69 Å². The number of pyridine rings is 1. The summed E-state index contributed by atoms with van der Waals surface area (Å²) >= 11 is 0. The van der Waals surface area contributed by atoms with E-state index in [0.29, 0.717) is 6.54 Å². The monoisotopic (exact) mass is 260 g/mol. The average molecular weight is 260 g/mol. The van der Waals surface area contributed by atoms with E-state index in [2.05, 4.69) is 53.5 Å². The zero-order valence-electron chi connectivity index (χ0n) is 11.2. The standard InChI is InChI=1S/C18H16N2/c19-13-18-12-17(10-11-20-18)16-8-6-15(7-9-16)14-4-2-1-3-5-14/h1-12H,13,19H2. The SMILES string of the molecule is NCc1cc(-c2ccc(-c3ccccc3)cc2)ccn1. The third kappa shape index (κ3) is 2.60. The van der Waals surface area contributed by atoms with Gasteiger partial charge in [0.2, 0.25) is 0 Å². The van der Waals surface area contributed by atoms with Crippen LogP contribution in [0.1, 0.15) is 5.69 Å². The first-order chi connectivity index (χ1) is 9.86. The molecule has 2 aromatic carbocycles. The Labute approximate surface area is 118 Å². The molecule has 0 aliphatic heterocycles. The van der Waals surface area contributed by atoms with E-state index in [9.17, 15) is 0 Å². The summed E-state index contributed by atoms with van der Waals surface area (Å²) < 4.78 is 0. The van der Waals surface area contributed by atoms with E-state index < -0.39 is 0 Å².